The van der Waals surface area contributed by atoms with Gasteiger partial charge >= 0.3 is 0 Å². The molecule has 2 heterocycles. The Hall–Kier alpha value is -2.89. The lowest BCUT2D eigenvalue weighted by atomic mass is 10.1. The van der Waals surface area contributed by atoms with E-state index in [4.69, 9.17) is 27.6 Å². The molecule has 4 aromatic rings. The molecule has 128 valence electrons. The van der Waals surface area contributed by atoms with Crippen molar-refractivity contribution >= 4 is 46.0 Å². The summed E-state index contributed by atoms with van der Waals surface area (Å²) >= 11 is 12.0. The van der Waals surface area contributed by atoms with Gasteiger partial charge < -0.3 is 9.73 Å². The number of halogens is 2. The molecule has 0 fully saturated rings. The van der Waals surface area contributed by atoms with Crippen LogP contribution < -0.4 is 5.32 Å². The molecule has 0 radical (unpaired) electrons. The minimum absolute atomic E-state index is 0.288. The monoisotopic (exact) mass is 383 g/mol. The number of pyridine rings is 1. The molecule has 0 bridgehead atoms. The summed E-state index contributed by atoms with van der Waals surface area (Å²) in [6.07, 6.45) is 1.65. The number of amides is 1. The summed E-state index contributed by atoms with van der Waals surface area (Å²) in [4.78, 5) is 21.0. The first-order chi connectivity index (χ1) is 12.6. The van der Waals surface area contributed by atoms with Crippen molar-refractivity contribution in [3.63, 3.8) is 0 Å². The second-order valence-electron chi connectivity index (χ2n) is 5.50. The van der Waals surface area contributed by atoms with Crippen molar-refractivity contribution in [2.24, 2.45) is 0 Å². The fourth-order valence-corrected chi connectivity index (χ4v) is 2.99. The van der Waals surface area contributed by atoms with Gasteiger partial charge in [0.25, 0.3) is 5.91 Å². The van der Waals surface area contributed by atoms with Crippen molar-refractivity contribution in [3.05, 3.63) is 76.4 Å². The Morgan fingerprint density at radius 1 is 1.04 bits per heavy atom. The number of carbonyl (C=O) groups is 1. The lowest BCUT2D eigenvalue weighted by Gasteiger charge is -2.08. The molecule has 0 aliphatic heterocycles. The van der Waals surface area contributed by atoms with Crippen molar-refractivity contribution < 1.29 is 9.21 Å². The average molecular weight is 384 g/mol. The number of benzene rings is 2. The largest absolute Gasteiger partial charge is 0.434 e. The maximum absolute atomic E-state index is 12.4. The highest BCUT2D eigenvalue weighted by Crippen LogP contribution is 2.26. The Bertz CT molecular complexity index is 1090. The number of fused-ring (bicyclic) bond motifs is 1. The van der Waals surface area contributed by atoms with Crippen LogP contribution in [0.2, 0.25) is 10.0 Å². The Morgan fingerprint density at radius 3 is 2.73 bits per heavy atom. The van der Waals surface area contributed by atoms with Crippen LogP contribution in [0.3, 0.4) is 0 Å². The number of hydrogen-bond acceptors (Lipinski definition) is 4. The topological polar surface area (TPSA) is 68.0 Å². The van der Waals surface area contributed by atoms with Gasteiger partial charge in [0.1, 0.15) is 0 Å². The van der Waals surface area contributed by atoms with E-state index in [0.29, 0.717) is 33.4 Å². The van der Waals surface area contributed by atoms with Crippen molar-refractivity contribution in [1.29, 1.82) is 0 Å². The summed E-state index contributed by atoms with van der Waals surface area (Å²) in [6.45, 7) is 0. The zero-order valence-electron chi connectivity index (χ0n) is 13.2. The second-order valence-corrected chi connectivity index (χ2v) is 6.35. The van der Waals surface area contributed by atoms with Gasteiger partial charge in [0.05, 0.1) is 10.6 Å². The van der Waals surface area contributed by atoms with Crippen LogP contribution in [0.5, 0.6) is 0 Å². The molecule has 0 aliphatic carbocycles. The molecule has 0 aliphatic rings. The van der Waals surface area contributed by atoms with Crippen molar-refractivity contribution in [3.8, 4) is 11.5 Å². The molecule has 7 heteroatoms. The predicted octanol–water partition coefficient (Wildman–Crippen LogP) is 5.45. The fraction of sp³-hybridized carbons (Fsp3) is 0. The average Bonchev–Trinajstić information content (AvgIpc) is 3.06. The van der Waals surface area contributed by atoms with Gasteiger partial charge in [0, 0.05) is 22.5 Å². The maximum Gasteiger partial charge on any atom is 0.257 e. The summed E-state index contributed by atoms with van der Waals surface area (Å²) < 4.78 is 5.71. The van der Waals surface area contributed by atoms with Gasteiger partial charge in [0.2, 0.25) is 5.89 Å². The Balaban J connectivity index is 1.62. The normalized spacial score (nSPS) is 10.8. The van der Waals surface area contributed by atoms with Crippen LogP contribution in [-0.4, -0.2) is 15.9 Å². The Kier molecular flexibility index (Phi) is 4.32. The van der Waals surface area contributed by atoms with Crippen LogP contribution in [-0.2, 0) is 0 Å². The number of aromatic nitrogens is 2. The number of oxazole rings is 1. The predicted molar refractivity (Wildman–Crippen MR) is 102 cm³/mol. The molecule has 0 unspecified atom stereocenters. The number of rotatable bonds is 3. The second kappa shape index (κ2) is 6.78. The minimum atomic E-state index is -0.331. The molecule has 2 aromatic heterocycles. The zero-order chi connectivity index (χ0) is 18.1. The minimum Gasteiger partial charge on any atom is -0.434 e. The summed E-state index contributed by atoms with van der Waals surface area (Å²) in [6, 6.07) is 15.5. The summed E-state index contributed by atoms with van der Waals surface area (Å²) in [5.74, 6) is 0.0994. The van der Waals surface area contributed by atoms with E-state index in [1.54, 1.807) is 48.7 Å². The molecular weight excluding hydrogens is 373 g/mol. The van der Waals surface area contributed by atoms with Crippen LogP contribution in [0.25, 0.3) is 22.7 Å². The van der Waals surface area contributed by atoms with Crippen molar-refractivity contribution in [2.75, 3.05) is 5.32 Å². The molecule has 26 heavy (non-hydrogen) atoms. The molecule has 4 rings (SSSR count). The number of nitrogens with one attached hydrogen (secondary N) is 1. The first-order valence-corrected chi connectivity index (χ1v) is 8.44. The quantitative estimate of drug-likeness (QED) is 0.510. The third-order valence-corrected chi connectivity index (χ3v) is 4.26. The Morgan fingerprint density at radius 2 is 1.92 bits per heavy atom. The van der Waals surface area contributed by atoms with Crippen molar-refractivity contribution in [1.82, 2.24) is 9.97 Å². The first kappa shape index (κ1) is 16.6. The molecule has 5 nitrogen and oxygen atoms in total. The molecule has 2 aromatic carbocycles. The van der Waals surface area contributed by atoms with Gasteiger partial charge in [-0.15, -0.1) is 0 Å². The van der Waals surface area contributed by atoms with E-state index >= 15 is 0 Å². The van der Waals surface area contributed by atoms with Gasteiger partial charge in [-0.25, -0.2) is 4.98 Å². The lowest BCUT2D eigenvalue weighted by molar-refractivity contribution is 0.102. The third kappa shape index (κ3) is 3.27. The SMILES string of the molecule is O=C(Nc1cccc(-c2nc3ncccc3o2)c1)c1ccc(Cl)cc1Cl. The highest BCUT2D eigenvalue weighted by atomic mass is 35.5. The molecule has 0 atom stereocenters. The van der Waals surface area contributed by atoms with Gasteiger partial charge in [-0.3, -0.25) is 4.79 Å². The number of carbonyl (C=O) groups excluding carboxylic acids is 1. The van der Waals surface area contributed by atoms with E-state index in [1.807, 2.05) is 6.07 Å². The number of hydrogen-bond donors (Lipinski definition) is 1. The fourth-order valence-electron chi connectivity index (χ4n) is 2.49. The van der Waals surface area contributed by atoms with Crippen LogP contribution >= 0.6 is 23.2 Å². The molecule has 0 saturated heterocycles. The third-order valence-electron chi connectivity index (χ3n) is 3.71. The molecule has 1 N–H and O–H groups in total. The van der Waals surface area contributed by atoms with Crippen LogP contribution in [0.4, 0.5) is 5.69 Å². The van der Waals surface area contributed by atoms with Gasteiger partial charge in [-0.1, -0.05) is 29.3 Å². The maximum atomic E-state index is 12.4. The lowest BCUT2D eigenvalue weighted by Crippen LogP contribution is -2.12. The van der Waals surface area contributed by atoms with Crippen LogP contribution in [0.15, 0.2) is 65.2 Å². The standard InChI is InChI=1S/C19H11Cl2N3O2/c20-12-6-7-14(15(21)10-12)18(25)23-13-4-1-3-11(9-13)19-24-17-16(26-19)5-2-8-22-17/h1-10H,(H,23,25). The Labute approximate surface area is 158 Å². The number of nitrogens with zero attached hydrogens (tertiary/aromatic N) is 2. The van der Waals surface area contributed by atoms with Gasteiger partial charge in [-0.05, 0) is 48.5 Å². The summed E-state index contributed by atoms with van der Waals surface area (Å²) in [5, 5.41) is 3.57. The zero-order valence-corrected chi connectivity index (χ0v) is 14.8. The smallest absolute Gasteiger partial charge is 0.257 e. The van der Waals surface area contributed by atoms with E-state index in [0.717, 1.165) is 5.56 Å². The van der Waals surface area contributed by atoms with Gasteiger partial charge in [0.15, 0.2) is 11.2 Å². The van der Waals surface area contributed by atoms with E-state index in [2.05, 4.69) is 15.3 Å². The molecule has 0 spiro atoms. The van der Waals surface area contributed by atoms with E-state index in [1.165, 1.54) is 6.07 Å². The van der Waals surface area contributed by atoms with Crippen LogP contribution in [0.1, 0.15) is 10.4 Å². The number of anilines is 1. The molecule has 0 saturated carbocycles. The summed E-state index contributed by atoms with van der Waals surface area (Å²) in [5.41, 5.74) is 2.79. The molecule has 1 amide bonds. The van der Waals surface area contributed by atoms with Crippen LogP contribution in [0, 0.1) is 0 Å². The highest BCUT2D eigenvalue weighted by Gasteiger charge is 2.13. The highest BCUT2D eigenvalue weighted by molar-refractivity contribution is 6.37. The van der Waals surface area contributed by atoms with Crippen molar-refractivity contribution in [2.45, 2.75) is 0 Å². The van der Waals surface area contributed by atoms with Gasteiger partial charge in [-0.2, -0.15) is 4.98 Å². The van der Waals surface area contributed by atoms with E-state index < -0.39 is 0 Å². The molecular formula is C19H11Cl2N3O2. The van der Waals surface area contributed by atoms with E-state index in [9.17, 15) is 4.79 Å². The van der Waals surface area contributed by atoms with E-state index in [-0.39, 0.29) is 10.9 Å². The first-order valence-electron chi connectivity index (χ1n) is 7.68. The summed E-state index contributed by atoms with van der Waals surface area (Å²) in [7, 11) is 0.